The largest absolute Gasteiger partial charge is 0.385 e. The third-order valence-electron chi connectivity index (χ3n) is 4.29. The zero-order valence-electron chi connectivity index (χ0n) is 12.1. The van der Waals surface area contributed by atoms with E-state index in [1.807, 2.05) is 6.07 Å². The molecule has 1 atom stereocenters. The Morgan fingerprint density at radius 2 is 2.00 bits per heavy atom. The highest BCUT2D eigenvalue weighted by molar-refractivity contribution is 5.28. The van der Waals surface area contributed by atoms with Gasteiger partial charge in [0, 0.05) is 12.6 Å². The summed E-state index contributed by atoms with van der Waals surface area (Å²) >= 11 is 0. The third-order valence-corrected chi connectivity index (χ3v) is 4.29. The van der Waals surface area contributed by atoms with E-state index in [-0.39, 0.29) is 5.82 Å². The van der Waals surface area contributed by atoms with Crippen LogP contribution in [0.1, 0.15) is 44.2 Å². The predicted octanol–water partition coefficient (Wildman–Crippen LogP) is 3.22. The number of aryl methyl sites for hydroxylation is 1. The molecule has 1 aliphatic heterocycles. The fraction of sp³-hybridized carbons (Fsp3) is 0.625. The van der Waals surface area contributed by atoms with E-state index in [1.54, 1.807) is 13.0 Å². The van der Waals surface area contributed by atoms with E-state index in [0.717, 1.165) is 25.1 Å². The maximum absolute atomic E-state index is 13.7. The summed E-state index contributed by atoms with van der Waals surface area (Å²) in [5.74, 6) is -0.226. The van der Waals surface area contributed by atoms with Gasteiger partial charge < -0.3 is 10.0 Å². The maximum Gasteiger partial charge on any atom is 0.126 e. The van der Waals surface area contributed by atoms with Crippen LogP contribution in [0.5, 0.6) is 0 Å². The lowest BCUT2D eigenvalue weighted by molar-refractivity contribution is 0.0201. The summed E-state index contributed by atoms with van der Waals surface area (Å²) in [6.07, 6.45) is 2.33. The first-order valence-electron chi connectivity index (χ1n) is 7.15. The number of hydrogen-bond acceptors (Lipinski definition) is 2. The molecule has 1 aliphatic rings. The number of nitrogens with zero attached hydrogens (tertiary/aromatic N) is 1. The fourth-order valence-corrected chi connectivity index (χ4v) is 2.83. The number of halogens is 1. The molecule has 1 fully saturated rings. The van der Waals surface area contributed by atoms with E-state index >= 15 is 0 Å². The molecule has 1 unspecified atom stereocenters. The Bertz CT molecular complexity index is 446. The first kappa shape index (κ1) is 14.5. The highest BCUT2D eigenvalue weighted by atomic mass is 19.1. The summed E-state index contributed by atoms with van der Waals surface area (Å²) in [6.45, 7) is 7.97. The summed E-state index contributed by atoms with van der Waals surface area (Å²) in [5.41, 5.74) is 0.476. The van der Waals surface area contributed by atoms with Gasteiger partial charge in [0.2, 0.25) is 0 Å². The average molecular weight is 265 g/mol. The molecule has 0 aromatic heterocycles. The summed E-state index contributed by atoms with van der Waals surface area (Å²) in [4.78, 5) is 2.38. The van der Waals surface area contributed by atoms with Gasteiger partial charge in [-0.1, -0.05) is 12.1 Å². The van der Waals surface area contributed by atoms with E-state index < -0.39 is 5.60 Å². The van der Waals surface area contributed by atoms with E-state index in [1.165, 1.54) is 6.07 Å². The molecule has 19 heavy (non-hydrogen) atoms. The van der Waals surface area contributed by atoms with Crippen LogP contribution in [0.3, 0.4) is 0 Å². The minimum atomic E-state index is -0.877. The van der Waals surface area contributed by atoms with Gasteiger partial charge in [-0.25, -0.2) is 4.39 Å². The van der Waals surface area contributed by atoms with Crippen LogP contribution in [0.2, 0.25) is 0 Å². The van der Waals surface area contributed by atoms with Crippen LogP contribution >= 0.6 is 0 Å². The Balaban J connectivity index is 2.20. The molecule has 3 heteroatoms. The molecule has 2 nitrogen and oxygen atoms in total. The number of likely N-dealkylation sites (tertiary alicyclic amines) is 1. The average Bonchev–Trinajstić information content (AvgIpc) is 2.56. The van der Waals surface area contributed by atoms with Crippen molar-refractivity contribution in [2.24, 2.45) is 0 Å². The topological polar surface area (TPSA) is 23.5 Å². The van der Waals surface area contributed by atoms with Gasteiger partial charge in [0.15, 0.2) is 0 Å². The second-order valence-electron chi connectivity index (χ2n) is 5.98. The highest BCUT2D eigenvalue weighted by Crippen LogP contribution is 2.33. The minimum absolute atomic E-state index is 0.226. The van der Waals surface area contributed by atoms with Gasteiger partial charge in [-0.2, -0.15) is 0 Å². The molecule has 1 aromatic carbocycles. The van der Waals surface area contributed by atoms with Crippen molar-refractivity contribution in [1.82, 2.24) is 4.90 Å². The molecule has 1 aromatic rings. The summed E-state index contributed by atoms with van der Waals surface area (Å²) in [5, 5.41) is 10.8. The van der Waals surface area contributed by atoms with Gasteiger partial charge in [-0.05, 0) is 63.8 Å². The number of rotatable bonds is 2. The quantitative estimate of drug-likeness (QED) is 0.887. The molecule has 106 valence electrons. The molecule has 0 bridgehead atoms. The van der Waals surface area contributed by atoms with Crippen molar-refractivity contribution < 1.29 is 9.50 Å². The van der Waals surface area contributed by atoms with Crippen LogP contribution in [0.4, 0.5) is 4.39 Å². The smallest absolute Gasteiger partial charge is 0.126 e. The molecular weight excluding hydrogens is 241 g/mol. The van der Waals surface area contributed by atoms with Crippen molar-refractivity contribution in [2.75, 3.05) is 13.1 Å². The Hall–Kier alpha value is -0.930. The van der Waals surface area contributed by atoms with Crippen molar-refractivity contribution in [1.29, 1.82) is 0 Å². The van der Waals surface area contributed by atoms with Gasteiger partial charge in [0.1, 0.15) is 5.82 Å². The van der Waals surface area contributed by atoms with Crippen LogP contribution in [-0.2, 0) is 5.60 Å². The standard InChI is InChI=1S/C16H24FNO/c1-12(2)18-9-4-7-16(19,8-10-18)14-6-5-13(3)15(17)11-14/h5-6,11-12,19H,4,7-10H2,1-3H3. The molecule has 0 radical (unpaired) electrons. The maximum atomic E-state index is 13.7. The van der Waals surface area contributed by atoms with Crippen molar-refractivity contribution in [3.63, 3.8) is 0 Å². The number of aliphatic hydroxyl groups is 1. The molecule has 1 saturated heterocycles. The molecular formula is C16H24FNO. The lowest BCUT2D eigenvalue weighted by atomic mass is 9.86. The Morgan fingerprint density at radius 1 is 1.26 bits per heavy atom. The van der Waals surface area contributed by atoms with E-state index in [4.69, 9.17) is 0 Å². The molecule has 0 amide bonds. The zero-order valence-corrected chi connectivity index (χ0v) is 12.1. The normalized spacial score (nSPS) is 25.6. The van der Waals surface area contributed by atoms with Gasteiger partial charge in [-0.3, -0.25) is 0 Å². The van der Waals surface area contributed by atoms with Gasteiger partial charge in [0.25, 0.3) is 0 Å². The number of hydrogen-bond donors (Lipinski definition) is 1. The molecule has 2 rings (SSSR count). The van der Waals surface area contributed by atoms with Crippen LogP contribution < -0.4 is 0 Å². The van der Waals surface area contributed by atoms with Crippen molar-refractivity contribution in [3.8, 4) is 0 Å². The Morgan fingerprint density at radius 3 is 2.63 bits per heavy atom. The van der Waals surface area contributed by atoms with Crippen LogP contribution in [0.25, 0.3) is 0 Å². The van der Waals surface area contributed by atoms with Gasteiger partial charge in [-0.15, -0.1) is 0 Å². The number of benzene rings is 1. The fourth-order valence-electron chi connectivity index (χ4n) is 2.83. The Labute approximate surface area is 115 Å². The highest BCUT2D eigenvalue weighted by Gasteiger charge is 2.32. The van der Waals surface area contributed by atoms with Crippen LogP contribution in [0, 0.1) is 12.7 Å². The second kappa shape index (κ2) is 5.59. The van der Waals surface area contributed by atoms with Crippen LogP contribution in [0.15, 0.2) is 18.2 Å². The first-order chi connectivity index (χ1) is 8.92. The van der Waals surface area contributed by atoms with Crippen molar-refractivity contribution in [2.45, 2.75) is 51.7 Å². The molecule has 1 heterocycles. The third kappa shape index (κ3) is 3.15. The summed E-state index contributed by atoms with van der Waals surface area (Å²) in [6, 6.07) is 5.62. The van der Waals surface area contributed by atoms with E-state index in [9.17, 15) is 9.50 Å². The Kier molecular flexibility index (Phi) is 4.26. The lowest BCUT2D eigenvalue weighted by Gasteiger charge is -2.28. The van der Waals surface area contributed by atoms with Gasteiger partial charge in [0.05, 0.1) is 5.60 Å². The second-order valence-corrected chi connectivity index (χ2v) is 5.98. The molecule has 1 N–H and O–H groups in total. The SMILES string of the molecule is Cc1ccc(C2(O)CCCN(C(C)C)CC2)cc1F. The molecule has 0 spiro atoms. The summed E-state index contributed by atoms with van der Waals surface area (Å²) < 4.78 is 13.7. The van der Waals surface area contributed by atoms with Crippen molar-refractivity contribution in [3.05, 3.63) is 35.1 Å². The van der Waals surface area contributed by atoms with Gasteiger partial charge >= 0.3 is 0 Å². The molecule has 0 saturated carbocycles. The predicted molar refractivity (Wildman–Crippen MR) is 75.6 cm³/mol. The van der Waals surface area contributed by atoms with E-state index in [2.05, 4.69) is 18.7 Å². The zero-order chi connectivity index (χ0) is 14.0. The van der Waals surface area contributed by atoms with Crippen LogP contribution in [-0.4, -0.2) is 29.1 Å². The lowest BCUT2D eigenvalue weighted by Crippen LogP contribution is -2.33. The summed E-state index contributed by atoms with van der Waals surface area (Å²) in [7, 11) is 0. The van der Waals surface area contributed by atoms with E-state index in [0.29, 0.717) is 24.4 Å². The van der Waals surface area contributed by atoms with Crippen molar-refractivity contribution >= 4 is 0 Å². The first-order valence-corrected chi connectivity index (χ1v) is 7.15. The minimum Gasteiger partial charge on any atom is -0.385 e. The monoisotopic (exact) mass is 265 g/mol. The molecule has 0 aliphatic carbocycles.